The van der Waals surface area contributed by atoms with Crippen molar-refractivity contribution in [3.63, 3.8) is 0 Å². The first kappa shape index (κ1) is 12.7. The van der Waals surface area contributed by atoms with Gasteiger partial charge in [0, 0.05) is 16.0 Å². The van der Waals surface area contributed by atoms with Crippen molar-refractivity contribution in [2.24, 2.45) is 0 Å². The third kappa shape index (κ3) is 2.07. The maximum Gasteiger partial charge on any atom is 0.261 e. The molecule has 0 radical (unpaired) electrons. The molecule has 3 rings (SSSR count). The van der Waals surface area contributed by atoms with Gasteiger partial charge in [-0.1, -0.05) is 32.0 Å². The summed E-state index contributed by atoms with van der Waals surface area (Å²) in [7, 11) is 0. The predicted octanol–water partition coefficient (Wildman–Crippen LogP) is 2.75. The first-order valence-corrected chi connectivity index (χ1v) is 7.15. The van der Waals surface area contributed by atoms with E-state index in [1.165, 1.54) is 0 Å². The second kappa shape index (κ2) is 4.66. The van der Waals surface area contributed by atoms with Crippen LogP contribution in [0.1, 0.15) is 26.4 Å². The summed E-state index contributed by atoms with van der Waals surface area (Å²) in [6.45, 7) is 0.0410. The molecular formula is C11H5BrClN3O2S. The highest BCUT2D eigenvalue weighted by molar-refractivity contribution is 9.10. The molecule has 0 aliphatic carbocycles. The number of rotatable bonds is 2. The van der Waals surface area contributed by atoms with Gasteiger partial charge in [-0.05, 0) is 18.2 Å². The van der Waals surface area contributed by atoms with Crippen LogP contribution in [0.4, 0.5) is 0 Å². The molecule has 8 heteroatoms. The van der Waals surface area contributed by atoms with E-state index in [1.54, 1.807) is 18.2 Å². The van der Waals surface area contributed by atoms with E-state index in [1.807, 2.05) is 0 Å². The molecule has 0 N–H and O–H groups in total. The maximum atomic E-state index is 12.2. The fourth-order valence-corrected chi connectivity index (χ4v) is 2.82. The minimum Gasteiger partial charge on any atom is -0.269 e. The van der Waals surface area contributed by atoms with Gasteiger partial charge in [0.25, 0.3) is 11.8 Å². The van der Waals surface area contributed by atoms with Gasteiger partial charge in [-0.25, -0.2) is 0 Å². The summed E-state index contributed by atoms with van der Waals surface area (Å²) in [5.41, 5.74) is 1.21. The highest BCUT2D eigenvalue weighted by Crippen LogP contribution is 2.28. The average molecular weight is 359 g/mol. The normalized spacial score (nSPS) is 14.1. The summed E-state index contributed by atoms with van der Waals surface area (Å²) in [5.74, 6) is -0.679. The third-order valence-electron chi connectivity index (χ3n) is 2.75. The summed E-state index contributed by atoms with van der Waals surface area (Å²) in [6.07, 6.45) is 0. The van der Waals surface area contributed by atoms with Gasteiger partial charge in [-0.15, -0.1) is 5.10 Å². The lowest BCUT2D eigenvalue weighted by molar-refractivity contribution is 0.0640. The number of benzene rings is 1. The number of carbonyl (C=O) groups excluding carboxylic acids is 2. The van der Waals surface area contributed by atoms with Crippen molar-refractivity contribution in [2.75, 3.05) is 0 Å². The molecule has 2 heterocycles. The van der Waals surface area contributed by atoms with Crippen molar-refractivity contribution in [1.82, 2.24) is 14.5 Å². The lowest BCUT2D eigenvalue weighted by atomic mass is 10.1. The van der Waals surface area contributed by atoms with Gasteiger partial charge in [0.05, 0.1) is 17.7 Å². The van der Waals surface area contributed by atoms with Gasteiger partial charge < -0.3 is 0 Å². The summed E-state index contributed by atoms with van der Waals surface area (Å²) in [4.78, 5) is 25.5. The molecular weight excluding hydrogens is 354 g/mol. The number of nitrogens with zero attached hydrogens (tertiary/aromatic N) is 3. The topological polar surface area (TPSA) is 63.2 Å². The van der Waals surface area contributed by atoms with Crippen LogP contribution in [-0.2, 0) is 6.54 Å². The third-order valence-corrected chi connectivity index (χ3v) is 4.23. The Labute approximate surface area is 125 Å². The Morgan fingerprint density at radius 3 is 2.68 bits per heavy atom. The van der Waals surface area contributed by atoms with Gasteiger partial charge in [0.15, 0.2) is 0 Å². The number of imide groups is 1. The first-order valence-electron chi connectivity index (χ1n) is 5.20. The second-order valence-electron chi connectivity index (χ2n) is 3.88. The molecule has 1 aromatic heterocycles. The molecule has 0 bridgehead atoms. The zero-order valence-electron chi connectivity index (χ0n) is 9.26. The molecule has 19 heavy (non-hydrogen) atoms. The van der Waals surface area contributed by atoms with E-state index in [0.717, 1.165) is 20.9 Å². The minimum atomic E-state index is -0.342. The highest BCUT2D eigenvalue weighted by atomic mass is 79.9. The van der Waals surface area contributed by atoms with Gasteiger partial charge in [0.2, 0.25) is 0 Å². The van der Waals surface area contributed by atoms with Crippen LogP contribution in [-0.4, -0.2) is 26.3 Å². The quantitative estimate of drug-likeness (QED) is 0.774. The van der Waals surface area contributed by atoms with Gasteiger partial charge in [0.1, 0.15) is 10.0 Å². The summed E-state index contributed by atoms with van der Waals surface area (Å²) < 4.78 is 4.82. The van der Waals surface area contributed by atoms with E-state index in [-0.39, 0.29) is 18.4 Å². The van der Waals surface area contributed by atoms with Crippen molar-refractivity contribution >= 4 is 50.9 Å². The van der Waals surface area contributed by atoms with Crippen LogP contribution in [0.2, 0.25) is 4.34 Å². The molecule has 0 atom stereocenters. The zero-order chi connectivity index (χ0) is 13.6. The largest absolute Gasteiger partial charge is 0.269 e. The standard InChI is InChI=1S/C11H5BrClN3O2S/c12-5-1-2-6-7(3-5)11(18)16(10(6)17)4-8-9(13)19-15-14-8/h1-3H,4H2. The number of fused-ring (bicyclic) bond motifs is 1. The van der Waals surface area contributed by atoms with E-state index in [0.29, 0.717) is 21.2 Å². The van der Waals surface area contributed by atoms with E-state index >= 15 is 0 Å². The summed E-state index contributed by atoms with van der Waals surface area (Å²) in [6, 6.07) is 4.99. The molecule has 0 unspecified atom stereocenters. The predicted molar refractivity (Wildman–Crippen MR) is 73.3 cm³/mol. The van der Waals surface area contributed by atoms with Crippen molar-refractivity contribution in [3.8, 4) is 0 Å². The average Bonchev–Trinajstić information content (AvgIpc) is 2.88. The van der Waals surface area contributed by atoms with Crippen LogP contribution in [0.3, 0.4) is 0 Å². The SMILES string of the molecule is O=C1c2ccc(Br)cc2C(=O)N1Cc1nnsc1Cl. The lowest BCUT2D eigenvalue weighted by Crippen LogP contribution is -2.29. The molecule has 0 fully saturated rings. The van der Waals surface area contributed by atoms with Crippen LogP contribution in [0.5, 0.6) is 0 Å². The van der Waals surface area contributed by atoms with E-state index in [2.05, 4.69) is 25.5 Å². The Kier molecular flexibility index (Phi) is 3.12. The Morgan fingerprint density at radius 2 is 2.00 bits per heavy atom. The van der Waals surface area contributed by atoms with Gasteiger partial charge >= 0.3 is 0 Å². The maximum absolute atomic E-state index is 12.2. The fourth-order valence-electron chi connectivity index (χ4n) is 1.85. The summed E-state index contributed by atoms with van der Waals surface area (Å²) >= 11 is 10.2. The molecule has 0 saturated heterocycles. The molecule has 0 saturated carbocycles. The molecule has 1 aromatic carbocycles. The van der Waals surface area contributed by atoms with E-state index < -0.39 is 0 Å². The Hall–Kier alpha value is -1.31. The number of aromatic nitrogens is 2. The van der Waals surface area contributed by atoms with Crippen molar-refractivity contribution < 1.29 is 9.59 Å². The highest BCUT2D eigenvalue weighted by Gasteiger charge is 2.36. The summed E-state index contributed by atoms with van der Waals surface area (Å²) in [5, 5.41) is 3.81. The van der Waals surface area contributed by atoms with Crippen molar-refractivity contribution in [3.05, 3.63) is 43.8 Å². The lowest BCUT2D eigenvalue weighted by Gasteiger charge is -2.11. The van der Waals surface area contributed by atoms with Crippen LogP contribution < -0.4 is 0 Å². The van der Waals surface area contributed by atoms with Gasteiger partial charge in [-0.2, -0.15) is 0 Å². The van der Waals surface area contributed by atoms with Gasteiger partial charge in [-0.3, -0.25) is 14.5 Å². The molecule has 5 nitrogen and oxygen atoms in total. The van der Waals surface area contributed by atoms with Crippen LogP contribution in [0.25, 0.3) is 0 Å². The molecule has 2 aromatic rings. The number of halogens is 2. The molecule has 2 amide bonds. The van der Waals surface area contributed by atoms with E-state index in [4.69, 9.17) is 11.6 Å². The van der Waals surface area contributed by atoms with Crippen LogP contribution >= 0.6 is 39.1 Å². The molecule has 0 spiro atoms. The monoisotopic (exact) mass is 357 g/mol. The number of amides is 2. The molecule has 1 aliphatic heterocycles. The molecule has 96 valence electrons. The second-order valence-corrected chi connectivity index (χ2v) is 6.15. The zero-order valence-corrected chi connectivity index (χ0v) is 12.4. The fraction of sp³-hybridized carbons (Fsp3) is 0.0909. The smallest absolute Gasteiger partial charge is 0.261 e. The minimum absolute atomic E-state index is 0.0410. The number of carbonyl (C=O) groups is 2. The molecule has 1 aliphatic rings. The van der Waals surface area contributed by atoms with Crippen molar-refractivity contribution in [1.29, 1.82) is 0 Å². The van der Waals surface area contributed by atoms with Crippen LogP contribution in [0.15, 0.2) is 22.7 Å². The Morgan fingerprint density at radius 1 is 1.26 bits per heavy atom. The first-order chi connectivity index (χ1) is 9.08. The van der Waals surface area contributed by atoms with E-state index in [9.17, 15) is 9.59 Å². The Bertz CT molecular complexity index is 703. The van der Waals surface area contributed by atoms with Crippen LogP contribution in [0, 0.1) is 0 Å². The van der Waals surface area contributed by atoms with Crippen molar-refractivity contribution in [2.45, 2.75) is 6.54 Å². The Balaban J connectivity index is 1.97. The number of hydrogen-bond donors (Lipinski definition) is 0. The number of hydrogen-bond acceptors (Lipinski definition) is 5.